The maximum Gasteiger partial charge on any atom is 0.422 e. The van der Waals surface area contributed by atoms with Gasteiger partial charge in [-0.05, 0) is 24.3 Å². The van der Waals surface area contributed by atoms with E-state index in [1.54, 1.807) is 6.07 Å². The Balaban J connectivity index is 1.74. The van der Waals surface area contributed by atoms with Crippen LogP contribution in [0.5, 0.6) is 5.75 Å². The molecule has 1 aliphatic heterocycles. The number of nitrogens with zero attached hydrogens (tertiary/aromatic N) is 3. The number of nitrogens with one attached hydrogen (secondary N) is 1. The molecule has 1 N–H and O–H groups in total. The lowest BCUT2D eigenvalue weighted by Crippen LogP contribution is -2.47. The molecule has 0 spiro atoms. The van der Waals surface area contributed by atoms with Crippen molar-refractivity contribution in [3.05, 3.63) is 64.7 Å². The van der Waals surface area contributed by atoms with Crippen LogP contribution in [0.1, 0.15) is 11.5 Å². The van der Waals surface area contributed by atoms with Crippen LogP contribution < -0.4 is 10.1 Å². The summed E-state index contributed by atoms with van der Waals surface area (Å²) in [5, 5.41) is 3.01. The van der Waals surface area contributed by atoms with Crippen molar-refractivity contribution in [1.82, 2.24) is 14.9 Å². The molecule has 0 aliphatic carbocycles. The number of benzene rings is 2. The van der Waals surface area contributed by atoms with Gasteiger partial charge in [0.15, 0.2) is 12.4 Å². The van der Waals surface area contributed by atoms with E-state index >= 15 is 0 Å². The molecule has 1 aliphatic rings. The lowest BCUT2D eigenvalue weighted by Gasteiger charge is -2.39. The van der Waals surface area contributed by atoms with Crippen LogP contribution in [0.3, 0.4) is 0 Å². The van der Waals surface area contributed by atoms with Gasteiger partial charge >= 0.3 is 6.18 Å². The van der Waals surface area contributed by atoms with E-state index < -0.39 is 18.6 Å². The van der Waals surface area contributed by atoms with Crippen molar-refractivity contribution in [2.45, 2.75) is 12.1 Å². The largest absolute Gasteiger partial charge is 0.484 e. The van der Waals surface area contributed by atoms with E-state index in [4.69, 9.17) is 27.9 Å². The summed E-state index contributed by atoms with van der Waals surface area (Å²) in [4.78, 5) is 21.6. The van der Waals surface area contributed by atoms with E-state index in [2.05, 4.69) is 21.9 Å². The van der Waals surface area contributed by atoms with Gasteiger partial charge < -0.3 is 15.0 Å². The van der Waals surface area contributed by atoms with Gasteiger partial charge in [0.1, 0.15) is 17.9 Å². The van der Waals surface area contributed by atoms with Crippen molar-refractivity contribution < 1.29 is 27.1 Å². The standard InChI is InChI=1S/C22H16Cl2F4N4O2/c1-2-18(33)32-7-11(8-32)12-5-13-16(6-17(12)34-9-22(26,27)28)29-10-30-21(13)31-15-4-3-14(23)19(24)20(15)25/h2-6,10-11H,1,7-9H2,(H,29,30,31). The number of hydrogen-bond acceptors (Lipinski definition) is 5. The third kappa shape index (κ3) is 4.88. The van der Waals surface area contributed by atoms with Gasteiger partial charge in [-0.25, -0.2) is 14.4 Å². The number of aromatic nitrogens is 2. The van der Waals surface area contributed by atoms with Crippen LogP contribution in [0, 0.1) is 5.82 Å². The molecule has 0 unspecified atom stereocenters. The number of alkyl halides is 3. The summed E-state index contributed by atoms with van der Waals surface area (Å²) in [6.07, 6.45) is -2.19. The molecule has 6 nitrogen and oxygen atoms in total. The van der Waals surface area contributed by atoms with Crippen LogP contribution in [0.15, 0.2) is 43.2 Å². The van der Waals surface area contributed by atoms with Gasteiger partial charge in [-0.1, -0.05) is 29.8 Å². The van der Waals surface area contributed by atoms with Gasteiger partial charge in [-0.15, -0.1) is 0 Å². The van der Waals surface area contributed by atoms with Crippen molar-refractivity contribution in [2.24, 2.45) is 0 Å². The number of halogens is 6. The normalized spacial score (nSPS) is 14.1. The summed E-state index contributed by atoms with van der Waals surface area (Å²) in [6.45, 7) is 2.49. The van der Waals surface area contributed by atoms with Gasteiger partial charge in [0.05, 0.1) is 21.2 Å². The Kier molecular flexibility index (Phi) is 6.55. The number of ether oxygens (including phenoxy) is 1. The third-order valence-corrected chi connectivity index (χ3v) is 6.04. The molecule has 0 saturated carbocycles. The molecule has 1 fully saturated rings. The Hall–Kier alpha value is -3.11. The minimum Gasteiger partial charge on any atom is -0.484 e. The number of rotatable bonds is 6. The maximum atomic E-state index is 14.6. The van der Waals surface area contributed by atoms with Gasteiger partial charge in [-0.3, -0.25) is 4.79 Å². The highest BCUT2D eigenvalue weighted by Crippen LogP contribution is 2.39. The summed E-state index contributed by atoms with van der Waals surface area (Å²) in [5.41, 5.74) is 0.717. The third-order valence-electron chi connectivity index (χ3n) is 5.25. The SMILES string of the molecule is C=CC(=O)N1CC(c2cc3c(Nc4ccc(Cl)c(Cl)c4F)ncnc3cc2OCC(F)(F)F)C1. The molecule has 0 bridgehead atoms. The molecule has 0 radical (unpaired) electrons. The summed E-state index contributed by atoms with van der Waals surface area (Å²) in [6, 6.07) is 5.74. The van der Waals surface area contributed by atoms with Crippen LogP contribution >= 0.6 is 23.2 Å². The fourth-order valence-corrected chi connectivity index (χ4v) is 3.85. The molecule has 0 atom stereocenters. The number of anilines is 2. The Labute approximate surface area is 201 Å². The van der Waals surface area contributed by atoms with Crippen LogP contribution in [-0.4, -0.2) is 46.6 Å². The molecule has 12 heteroatoms. The second kappa shape index (κ2) is 9.27. The minimum absolute atomic E-state index is 0.000234. The highest BCUT2D eigenvalue weighted by molar-refractivity contribution is 6.42. The van der Waals surface area contributed by atoms with Crippen molar-refractivity contribution in [1.29, 1.82) is 0 Å². The number of amides is 1. The van der Waals surface area contributed by atoms with Crippen LogP contribution in [0.4, 0.5) is 29.1 Å². The van der Waals surface area contributed by atoms with Gasteiger partial charge in [0.25, 0.3) is 0 Å². The van der Waals surface area contributed by atoms with Crippen molar-refractivity contribution in [2.75, 3.05) is 25.0 Å². The average molecular weight is 515 g/mol. The fourth-order valence-electron chi connectivity index (χ4n) is 3.54. The van der Waals surface area contributed by atoms with E-state index in [-0.39, 0.29) is 57.7 Å². The number of carbonyl (C=O) groups is 1. The second-order valence-electron chi connectivity index (χ2n) is 7.53. The van der Waals surface area contributed by atoms with E-state index in [0.717, 1.165) is 0 Å². The molecule has 4 rings (SSSR count). The van der Waals surface area contributed by atoms with Gasteiger partial charge in [0, 0.05) is 36.0 Å². The summed E-state index contributed by atoms with van der Waals surface area (Å²) in [5.74, 6) is -1.17. The first-order valence-corrected chi connectivity index (χ1v) is 10.6. The quantitative estimate of drug-likeness (QED) is 0.253. The predicted octanol–water partition coefficient (Wildman–Crippen LogP) is 5.87. The topological polar surface area (TPSA) is 67.4 Å². The smallest absolute Gasteiger partial charge is 0.422 e. The maximum absolute atomic E-state index is 14.6. The monoisotopic (exact) mass is 514 g/mol. The van der Waals surface area contributed by atoms with E-state index in [9.17, 15) is 22.4 Å². The molecule has 2 heterocycles. The number of likely N-dealkylation sites (tertiary alicyclic amines) is 1. The van der Waals surface area contributed by atoms with Gasteiger partial charge in [-0.2, -0.15) is 13.2 Å². The molecule has 1 saturated heterocycles. The lowest BCUT2D eigenvalue weighted by molar-refractivity contribution is -0.153. The predicted molar refractivity (Wildman–Crippen MR) is 120 cm³/mol. The first kappa shape index (κ1) is 24.0. The fraction of sp³-hybridized carbons (Fsp3) is 0.227. The Bertz CT molecular complexity index is 1280. The van der Waals surface area contributed by atoms with Crippen LogP contribution in [-0.2, 0) is 4.79 Å². The molecule has 2 aromatic carbocycles. The number of carbonyl (C=O) groups excluding carboxylic acids is 1. The second-order valence-corrected chi connectivity index (χ2v) is 8.31. The highest BCUT2D eigenvalue weighted by Gasteiger charge is 2.34. The highest BCUT2D eigenvalue weighted by atomic mass is 35.5. The zero-order chi connectivity index (χ0) is 24.6. The summed E-state index contributed by atoms with van der Waals surface area (Å²) < 4.78 is 58.1. The zero-order valence-electron chi connectivity index (χ0n) is 17.3. The molecule has 34 heavy (non-hydrogen) atoms. The van der Waals surface area contributed by atoms with Crippen LogP contribution in [0.25, 0.3) is 10.9 Å². The first-order valence-electron chi connectivity index (χ1n) is 9.87. The summed E-state index contributed by atoms with van der Waals surface area (Å²) in [7, 11) is 0. The zero-order valence-corrected chi connectivity index (χ0v) is 18.8. The molecule has 1 amide bonds. The molecule has 1 aromatic heterocycles. The minimum atomic E-state index is -4.54. The molecule has 3 aromatic rings. The van der Waals surface area contributed by atoms with Crippen molar-refractivity contribution in [3.63, 3.8) is 0 Å². The first-order chi connectivity index (χ1) is 16.1. The number of hydrogen-bond donors (Lipinski definition) is 1. The van der Waals surface area contributed by atoms with Gasteiger partial charge in [0.2, 0.25) is 5.91 Å². The Morgan fingerprint density at radius 2 is 2.00 bits per heavy atom. The Morgan fingerprint density at radius 1 is 1.26 bits per heavy atom. The summed E-state index contributed by atoms with van der Waals surface area (Å²) >= 11 is 11.7. The van der Waals surface area contributed by atoms with Crippen molar-refractivity contribution >= 4 is 51.5 Å². The van der Waals surface area contributed by atoms with E-state index in [1.807, 2.05) is 0 Å². The van der Waals surface area contributed by atoms with Crippen LogP contribution in [0.2, 0.25) is 10.0 Å². The average Bonchev–Trinajstić information content (AvgIpc) is 2.76. The lowest BCUT2D eigenvalue weighted by atomic mass is 9.89. The van der Waals surface area contributed by atoms with E-state index in [1.165, 1.54) is 35.5 Å². The van der Waals surface area contributed by atoms with Crippen molar-refractivity contribution in [3.8, 4) is 5.75 Å². The van der Waals surface area contributed by atoms with E-state index in [0.29, 0.717) is 10.9 Å². The number of fused-ring (bicyclic) bond motifs is 1. The molecular formula is C22H16Cl2F4N4O2. The molecule has 178 valence electrons. The Morgan fingerprint density at radius 3 is 2.68 bits per heavy atom. The molecular weight excluding hydrogens is 499 g/mol.